The monoisotopic (exact) mass is 540 g/mol. The molecule has 2 unspecified atom stereocenters. The van der Waals surface area contributed by atoms with Crippen LogP contribution in [0.15, 0.2) is 73.1 Å². The van der Waals surface area contributed by atoms with E-state index in [9.17, 15) is 9.59 Å². The molecule has 2 aromatic carbocycles. The minimum absolute atomic E-state index is 0.226. The van der Waals surface area contributed by atoms with Crippen molar-refractivity contribution < 1.29 is 19.1 Å². The first-order chi connectivity index (χ1) is 17.9. The van der Waals surface area contributed by atoms with E-state index in [1.165, 1.54) is 0 Å². The summed E-state index contributed by atoms with van der Waals surface area (Å²) < 4.78 is 12.0. The normalized spacial score (nSPS) is 20.5. The van der Waals surface area contributed by atoms with E-state index in [2.05, 4.69) is 4.98 Å². The quantitative estimate of drug-likeness (QED) is 0.295. The van der Waals surface area contributed by atoms with Crippen LogP contribution in [-0.4, -0.2) is 40.5 Å². The van der Waals surface area contributed by atoms with E-state index < -0.39 is 30.3 Å². The molecule has 0 N–H and O–H groups in total. The number of nitrogens with zero attached hydrogens (tertiary/aromatic N) is 2. The van der Waals surface area contributed by atoms with Gasteiger partial charge in [0.15, 0.2) is 0 Å². The van der Waals surface area contributed by atoms with Crippen molar-refractivity contribution in [2.75, 3.05) is 6.61 Å². The van der Waals surface area contributed by atoms with E-state index >= 15 is 0 Å². The van der Waals surface area contributed by atoms with Crippen molar-refractivity contribution in [3.63, 3.8) is 0 Å². The first-order valence-electron chi connectivity index (χ1n) is 12.5. The first kappa shape index (κ1) is 27.1. The van der Waals surface area contributed by atoms with Gasteiger partial charge in [-0.3, -0.25) is 9.78 Å². The van der Waals surface area contributed by atoms with E-state index in [1.807, 2.05) is 43.3 Å². The maximum absolute atomic E-state index is 14.2. The number of hydrogen-bond acceptors (Lipinski definition) is 5. The molecule has 2 heterocycles. The van der Waals surface area contributed by atoms with E-state index in [-0.39, 0.29) is 12.5 Å². The fraction of sp³-hybridized carbons (Fsp3) is 0.345. The topological polar surface area (TPSA) is 68.7 Å². The Morgan fingerprint density at radius 3 is 2.14 bits per heavy atom. The Kier molecular flexibility index (Phi) is 9.19. The molecular formula is C29H30Cl2N2O4. The molecule has 0 spiro atoms. The highest BCUT2D eigenvalue weighted by molar-refractivity contribution is 6.30. The fourth-order valence-electron chi connectivity index (χ4n) is 4.77. The Hall–Kier alpha value is -2.93. The summed E-state index contributed by atoms with van der Waals surface area (Å²) in [6, 6.07) is 17.1. The summed E-state index contributed by atoms with van der Waals surface area (Å²) >= 11 is 12.4. The van der Waals surface area contributed by atoms with Crippen molar-refractivity contribution in [2.24, 2.45) is 0 Å². The molecule has 1 aliphatic heterocycles. The summed E-state index contributed by atoms with van der Waals surface area (Å²) in [4.78, 5) is 33.2. The van der Waals surface area contributed by atoms with Gasteiger partial charge in [0.2, 0.25) is 0 Å². The van der Waals surface area contributed by atoms with Crippen LogP contribution in [0.2, 0.25) is 10.0 Å². The number of rotatable bonds is 9. The Morgan fingerprint density at radius 2 is 1.57 bits per heavy atom. The number of aromatic nitrogens is 1. The smallest absolute Gasteiger partial charge is 0.328 e. The molecule has 4 atom stereocenters. The zero-order valence-corrected chi connectivity index (χ0v) is 22.4. The molecule has 0 radical (unpaired) electrons. The van der Waals surface area contributed by atoms with E-state index in [0.717, 1.165) is 16.7 Å². The second-order valence-corrected chi connectivity index (χ2v) is 9.83. The van der Waals surface area contributed by atoms with Crippen molar-refractivity contribution in [2.45, 2.75) is 57.4 Å². The molecular weight excluding hydrogens is 511 g/mol. The molecule has 4 rings (SSSR count). The number of amides is 1. The van der Waals surface area contributed by atoms with Crippen molar-refractivity contribution in [3.05, 3.63) is 99.8 Å². The number of morpholine rings is 1. The number of esters is 1. The number of carbonyl (C=O) groups excluding carboxylic acids is 2. The summed E-state index contributed by atoms with van der Waals surface area (Å²) in [6.45, 7) is 3.98. The predicted octanol–water partition coefficient (Wildman–Crippen LogP) is 6.37. The van der Waals surface area contributed by atoms with Crippen LogP contribution < -0.4 is 0 Å². The summed E-state index contributed by atoms with van der Waals surface area (Å²) in [7, 11) is 0. The van der Waals surface area contributed by atoms with Crippen LogP contribution in [0.4, 0.5) is 0 Å². The van der Waals surface area contributed by atoms with Gasteiger partial charge in [-0.05, 0) is 66.4 Å². The van der Waals surface area contributed by atoms with Crippen LogP contribution in [0.1, 0.15) is 55.5 Å². The second kappa shape index (κ2) is 12.5. The van der Waals surface area contributed by atoms with Gasteiger partial charge >= 0.3 is 5.97 Å². The molecule has 1 aromatic heterocycles. The van der Waals surface area contributed by atoms with E-state index in [4.69, 9.17) is 32.7 Å². The largest absolute Gasteiger partial charge is 0.464 e. The Labute approximate surface area is 227 Å². The van der Waals surface area contributed by atoms with Gasteiger partial charge in [-0.1, -0.05) is 60.8 Å². The van der Waals surface area contributed by atoms with Crippen LogP contribution in [0, 0.1) is 0 Å². The fourth-order valence-corrected chi connectivity index (χ4v) is 5.02. The predicted molar refractivity (Wildman–Crippen MR) is 143 cm³/mol. The van der Waals surface area contributed by atoms with Crippen molar-refractivity contribution in [1.29, 1.82) is 0 Å². The van der Waals surface area contributed by atoms with Gasteiger partial charge in [0.25, 0.3) is 5.91 Å². The lowest BCUT2D eigenvalue weighted by Crippen LogP contribution is -2.57. The van der Waals surface area contributed by atoms with Crippen LogP contribution in [0.3, 0.4) is 0 Å². The Balaban J connectivity index is 1.86. The Morgan fingerprint density at radius 1 is 0.973 bits per heavy atom. The van der Waals surface area contributed by atoms with Gasteiger partial charge < -0.3 is 14.4 Å². The standard InChI is InChI=1S/C29H30Cl2N2O4/c1-3-5-24(29(35)36-4-2)33-26(20-6-10-22(30)11-7-20)27(21-8-12-23(31)13-9-21)37-25(28(33)34)18-19-14-16-32-17-15-19/h6-17,24-27H,3-5,18H2,1-2H3/t24?,25?,26-,27+/m0/s1. The first-order valence-corrected chi connectivity index (χ1v) is 13.2. The lowest BCUT2D eigenvalue weighted by molar-refractivity contribution is -0.186. The molecule has 194 valence electrons. The number of carbonyl (C=O) groups is 2. The Bertz CT molecular complexity index is 1190. The third-order valence-corrected chi connectivity index (χ3v) is 6.97. The third-order valence-electron chi connectivity index (χ3n) is 6.46. The lowest BCUT2D eigenvalue weighted by atomic mass is 9.88. The zero-order chi connectivity index (χ0) is 26.4. The SMILES string of the molecule is CCCC(C(=O)OCC)N1C(=O)C(Cc2ccncc2)O[C@H](c2ccc(Cl)cc2)[C@@H]1c1ccc(Cl)cc1. The highest BCUT2D eigenvalue weighted by Crippen LogP contribution is 2.44. The number of halogens is 2. The number of benzene rings is 2. The summed E-state index contributed by atoms with van der Waals surface area (Å²) in [5.41, 5.74) is 2.57. The minimum Gasteiger partial charge on any atom is -0.464 e. The van der Waals surface area contributed by atoms with Crippen molar-refractivity contribution in [3.8, 4) is 0 Å². The maximum atomic E-state index is 14.2. The molecule has 0 bridgehead atoms. The number of pyridine rings is 1. The average molecular weight is 541 g/mol. The van der Waals surface area contributed by atoms with E-state index in [0.29, 0.717) is 29.3 Å². The molecule has 6 nitrogen and oxygen atoms in total. The highest BCUT2D eigenvalue weighted by Gasteiger charge is 2.48. The van der Waals surface area contributed by atoms with E-state index in [1.54, 1.807) is 48.5 Å². The molecule has 1 fully saturated rings. The van der Waals surface area contributed by atoms with Crippen LogP contribution >= 0.6 is 23.2 Å². The summed E-state index contributed by atoms with van der Waals surface area (Å²) in [5, 5.41) is 1.17. The molecule has 8 heteroatoms. The van der Waals surface area contributed by atoms with Gasteiger partial charge in [0.05, 0.1) is 12.6 Å². The summed E-state index contributed by atoms with van der Waals surface area (Å²) in [6.07, 6.45) is 3.51. The minimum atomic E-state index is -0.805. The van der Waals surface area contributed by atoms with Gasteiger partial charge in [-0.15, -0.1) is 0 Å². The maximum Gasteiger partial charge on any atom is 0.328 e. The third kappa shape index (κ3) is 6.32. The van der Waals surface area contributed by atoms with Crippen LogP contribution in [0.25, 0.3) is 0 Å². The molecule has 1 aliphatic rings. The van der Waals surface area contributed by atoms with Gasteiger partial charge in [0.1, 0.15) is 18.2 Å². The average Bonchev–Trinajstić information content (AvgIpc) is 2.90. The molecule has 1 amide bonds. The highest BCUT2D eigenvalue weighted by atomic mass is 35.5. The van der Waals surface area contributed by atoms with Gasteiger partial charge in [0, 0.05) is 28.9 Å². The van der Waals surface area contributed by atoms with Crippen LogP contribution in [0.5, 0.6) is 0 Å². The molecule has 1 saturated heterocycles. The van der Waals surface area contributed by atoms with Gasteiger partial charge in [-0.2, -0.15) is 0 Å². The molecule has 0 saturated carbocycles. The molecule has 37 heavy (non-hydrogen) atoms. The van der Waals surface area contributed by atoms with Gasteiger partial charge in [-0.25, -0.2) is 4.79 Å². The zero-order valence-electron chi connectivity index (χ0n) is 20.8. The molecule has 3 aromatic rings. The molecule has 0 aliphatic carbocycles. The van der Waals surface area contributed by atoms with Crippen LogP contribution in [-0.2, 0) is 25.5 Å². The van der Waals surface area contributed by atoms with Crippen molar-refractivity contribution >= 4 is 35.1 Å². The number of hydrogen-bond donors (Lipinski definition) is 0. The summed E-state index contributed by atoms with van der Waals surface area (Å²) in [5.74, 6) is -0.676. The lowest BCUT2D eigenvalue weighted by Gasteiger charge is -2.47. The second-order valence-electron chi connectivity index (χ2n) is 8.95. The number of ether oxygens (including phenoxy) is 2. The van der Waals surface area contributed by atoms with Crippen molar-refractivity contribution in [1.82, 2.24) is 9.88 Å².